The maximum absolute atomic E-state index is 12.0. The molecule has 0 spiro atoms. The van der Waals surface area contributed by atoms with Gasteiger partial charge in [-0.1, -0.05) is 40.9 Å². The Balaban J connectivity index is 2.29. The molecule has 1 amide bonds. The summed E-state index contributed by atoms with van der Waals surface area (Å²) < 4.78 is 0. The maximum atomic E-state index is 12.0. The second-order valence-electron chi connectivity index (χ2n) is 4.11. The summed E-state index contributed by atoms with van der Waals surface area (Å²) in [5.41, 5.74) is 1.65. The molecule has 2 aromatic carbocycles. The highest BCUT2D eigenvalue weighted by Crippen LogP contribution is 2.35. The van der Waals surface area contributed by atoms with Crippen LogP contribution in [-0.2, 0) is 0 Å². The topological polar surface area (TPSA) is 49.3 Å². The molecule has 0 fully saturated rings. The lowest BCUT2D eigenvalue weighted by Gasteiger charge is -2.09. The Bertz CT molecular complexity index is 641. The van der Waals surface area contributed by atoms with Gasteiger partial charge in [-0.05, 0) is 31.2 Å². The van der Waals surface area contributed by atoms with Crippen molar-refractivity contribution in [2.75, 3.05) is 5.32 Å². The highest BCUT2D eigenvalue weighted by molar-refractivity contribution is 6.36. The van der Waals surface area contributed by atoms with E-state index in [1.165, 1.54) is 12.1 Å². The Kier molecular flexibility index (Phi) is 3.98. The zero-order valence-electron chi connectivity index (χ0n) is 10.1. The van der Waals surface area contributed by atoms with Crippen molar-refractivity contribution in [1.29, 1.82) is 0 Å². The lowest BCUT2D eigenvalue weighted by molar-refractivity contribution is 0.102. The molecule has 0 saturated heterocycles. The van der Waals surface area contributed by atoms with Crippen LogP contribution in [0.3, 0.4) is 0 Å². The first-order valence-electron chi connectivity index (χ1n) is 5.53. The molecule has 0 atom stereocenters. The number of halogens is 2. The first-order valence-corrected chi connectivity index (χ1v) is 6.29. The van der Waals surface area contributed by atoms with Crippen molar-refractivity contribution in [3.05, 3.63) is 57.6 Å². The summed E-state index contributed by atoms with van der Waals surface area (Å²) in [4.78, 5) is 12.0. The largest absolute Gasteiger partial charge is 0.504 e. The molecule has 0 saturated carbocycles. The second-order valence-corrected chi connectivity index (χ2v) is 4.95. The average Bonchev–Trinajstić information content (AvgIpc) is 2.35. The van der Waals surface area contributed by atoms with Gasteiger partial charge in [-0.15, -0.1) is 0 Å². The zero-order chi connectivity index (χ0) is 14.0. The number of hydrogen-bond donors (Lipinski definition) is 2. The van der Waals surface area contributed by atoms with Crippen molar-refractivity contribution in [2.45, 2.75) is 6.92 Å². The van der Waals surface area contributed by atoms with E-state index in [4.69, 9.17) is 23.2 Å². The van der Waals surface area contributed by atoms with Crippen LogP contribution in [0.4, 0.5) is 5.69 Å². The number of carbonyl (C=O) groups excluding carboxylic acids is 1. The zero-order valence-corrected chi connectivity index (χ0v) is 11.6. The fourth-order valence-corrected chi connectivity index (χ4v) is 2.14. The molecule has 0 aliphatic heterocycles. The van der Waals surface area contributed by atoms with Crippen molar-refractivity contribution < 1.29 is 9.90 Å². The van der Waals surface area contributed by atoms with E-state index in [9.17, 15) is 9.90 Å². The fraction of sp³-hybridized carbons (Fsp3) is 0.0714. The summed E-state index contributed by atoms with van der Waals surface area (Å²) in [6.07, 6.45) is 0. The van der Waals surface area contributed by atoms with Gasteiger partial charge < -0.3 is 10.4 Å². The van der Waals surface area contributed by atoms with Crippen LogP contribution >= 0.6 is 23.2 Å². The van der Waals surface area contributed by atoms with E-state index in [0.29, 0.717) is 10.6 Å². The molecule has 0 heterocycles. The third-order valence-electron chi connectivity index (χ3n) is 2.56. The van der Waals surface area contributed by atoms with Crippen LogP contribution in [0.25, 0.3) is 0 Å². The molecule has 0 aromatic heterocycles. The summed E-state index contributed by atoms with van der Waals surface area (Å²) in [7, 11) is 0. The quantitative estimate of drug-likeness (QED) is 0.813. The summed E-state index contributed by atoms with van der Waals surface area (Å²) >= 11 is 11.6. The van der Waals surface area contributed by atoms with Crippen LogP contribution in [0.2, 0.25) is 10.0 Å². The standard InChI is InChI=1S/C14H11Cl2NO2/c1-8-3-2-4-9(5-8)14(19)17-12-7-10(15)6-11(16)13(12)18/h2-7,18H,1H3,(H,17,19). The lowest BCUT2D eigenvalue weighted by atomic mass is 10.1. The number of aryl methyl sites for hydroxylation is 1. The van der Waals surface area contributed by atoms with Crippen molar-refractivity contribution in [1.82, 2.24) is 0 Å². The molecule has 2 N–H and O–H groups in total. The minimum absolute atomic E-state index is 0.0899. The molecule has 0 aliphatic carbocycles. The monoisotopic (exact) mass is 295 g/mol. The average molecular weight is 296 g/mol. The third-order valence-corrected chi connectivity index (χ3v) is 3.06. The van der Waals surface area contributed by atoms with Gasteiger partial charge in [0.15, 0.2) is 5.75 Å². The van der Waals surface area contributed by atoms with E-state index in [0.717, 1.165) is 5.56 Å². The molecule has 2 aromatic rings. The van der Waals surface area contributed by atoms with Crippen molar-refractivity contribution in [3.63, 3.8) is 0 Å². The summed E-state index contributed by atoms with van der Waals surface area (Å²) in [5.74, 6) is -0.538. The minimum atomic E-state index is -0.336. The van der Waals surface area contributed by atoms with Gasteiger partial charge in [-0.25, -0.2) is 0 Å². The normalized spacial score (nSPS) is 10.3. The van der Waals surface area contributed by atoms with Crippen molar-refractivity contribution in [3.8, 4) is 5.75 Å². The predicted octanol–water partition coefficient (Wildman–Crippen LogP) is 4.26. The van der Waals surface area contributed by atoms with Crippen LogP contribution in [0, 0.1) is 6.92 Å². The van der Waals surface area contributed by atoms with E-state index < -0.39 is 0 Å². The van der Waals surface area contributed by atoms with Gasteiger partial charge in [0.25, 0.3) is 5.91 Å². The van der Waals surface area contributed by atoms with E-state index >= 15 is 0 Å². The van der Waals surface area contributed by atoms with Crippen LogP contribution < -0.4 is 5.32 Å². The Labute approximate surface area is 120 Å². The van der Waals surface area contributed by atoms with Crippen LogP contribution in [0.5, 0.6) is 5.75 Å². The van der Waals surface area contributed by atoms with Gasteiger partial charge in [0.05, 0.1) is 10.7 Å². The summed E-state index contributed by atoms with van der Waals surface area (Å²) in [5, 5.41) is 12.8. The Hall–Kier alpha value is -1.71. The molecule has 98 valence electrons. The molecular weight excluding hydrogens is 285 g/mol. The Morgan fingerprint density at radius 3 is 2.63 bits per heavy atom. The number of benzene rings is 2. The smallest absolute Gasteiger partial charge is 0.255 e. The predicted molar refractivity (Wildman–Crippen MR) is 77.3 cm³/mol. The number of nitrogens with one attached hydrogen (secondary N) is 1. The molecular formula is C14H11Cl2NO2. The van der Waals surface area contributed by atoms with Gasteiger partial charge in [0.2, 0.25) is 0 Å². The molecule has 0 aliphatic rings. The summed E-state index contributed by atoms with van der Waals surface area (Å²) in [6.45, 7) is 1.89. The first-order chi connectivity index (χ1) is 8.97. The SMILES string of the molecule is Cc1cccc(C(=O)Nc2cc(Cl)cc(Cl)c2O)c1. The summed E-state index contributed by atoms with van der Waals surface area (Å²) in [6, 6.07) is 9.96. The lowest BCUT2D eigenvalue weighted by Crippen LogP contribution is -2.12. The first kappa shape index (κ1) is 13.7. The number of rotatable bonds is 2. The Morgan fingerprint density at radius 2 is 1.95 bits per heavy atom. The molecule has 3 nitrogen and oxygen atoms in total. The van der Waals surface area contributed by atoms with Crippen LogP contribution in [-0.4, -0.2) is 11.0 Å². The maximum Gasteiger partial charge on any atom is 0.255 e. The van der Waals surface area contributed by atoms with Gasteiger partial charge in [-0.3, -0.25) is 4.79 Å². The highest BCUT2D eigenvalue weighted by Gasteiger charge is 2.12. The fourth-order valence-electron chi connectivity index (χ4n) is 1.64. The van der Waals surface area contributed by atoms with E-state index in [1.807, 2.05) is 13.0 Å². The number of carbonyl (C=O) groups is 1. The second kappa shape index (κ2) is 5.51. The number of phenols is 1. The van der Waals surface area contributed by atoms with E-state index in [-0.39, 0.29) is 22.4 Å². The number of phenolic OH excluding ortho intramolecular Hbond substituents is 1. The number of amides is 1. The molecule has 19 heavy (non-hydrogen) atoms. The van der Waals surface area contributed by atoms with Gasteiger partial charge >= 0.3 is 0 Å². The number of anilines is 1. The van der Waals surface area contributed by atoms with Gasteiger partial charge in [0.1, 0.15) is 0 Å². The molecule has 5 heteroatoms. The van der Waals surface area contributed by atoms with E-state index in [1.54, 1.807) is 18.2 Å². The van der Waals surface area contributed by atoms with Gasteiger partial charge in [0, 0.05) is 10.6 Å². The Morgan fingerprint density at radius 1 is 1.21 bits per heavy atom. The van der Waals surface area contributed by atoms with Crippen LogP contribution in [0.15, 0.2) is 36.4 Å². The van der Waals surface area contributed by atoms with Gasteiger partial charge in [-0.2, -0.15) is 0 Å². The number of hydrogen-bond acceptors (Lipinski definition) is 2. The third kappa shape index (κ3) is 3.19. The van der Waals surface area contributed by atoms with E-state index in [2.05, 4.69) is 5.32 Å². The molecule has 2 rings (SSSR count). The number of aromatic hydroxyl groups is 1. The molecule has 0 radical (unpaired) electrons. The molecule has 0 unspecified atom stereocenters. The minimum Gasteiger partial charge on any atom is -0.504 e. The van der Waals surface area contributed by atoms with Crippen LogP contribution in [0.1, 0.15) is 15.9 Å². The highest BCUT2D eigenvalue weighted by atomic mass is 35.5. The van der Waals surface area contributed by atoms with Crippen molar-refractivity contribution >= 4 is 34.8 Å². The molecule has 0 bridgehead atoms. The van der Waals surface area contributed by atoms with Crippen molar-refractivity contribution in [2.24, 2.45) is 0 Å².